The second-order valence-electron chi connectivity index (χ2n) is 3.65. The molecule has 82 valence electrons. The first-order valence-electron chi connectivity index (χ1n) is 5.26. The molecule has 1 rings (SSSR count). The van der Waals surface area contributed by atoms with Crippen LogP contribution in [0.5, 0.6) is 0 Å². The number of rotatable bonds is 7. The minimum Gasteiger partial charge on any atom is -0.464 e. The quantitative estimate of drug-likeness (QED) is 0.486. The van der Waals surface area contributed by atoms with Crippen LogP contribution in [0.4, 0.5) is 0 Å². The molecule has 4 heteroatoms. The Morgan fingerprint density at radius 2 is 2.14 bits per heavy atom. The molecule has 0 radical (unpaired) electrons. The number of carbonyl (C=O) groups excluding carboxylic acids is 1. The molecule has 0 aromatic rings. The van der Waals surface area contributed by atoms with Gasteiger partial charge in [-0.15, -0.1) is 0 Å². The van der Waals surface area contributed by atoms with E-state index in [2.05, 4.69) is 0 Å². The van der Waals surface area contributed by atoms with Crippen molar-refractivity contribution in [2.24, 2.45) is 11.7 Å². The van der Waals surface area contributed by atoms with Crippen molar-refractivity contribution in [2.45, 2.75) is 25.7 Å². The van der Waals surface area contributed by atoms with Crippen molar-refractivity contribution in [1.29, 1.82) is 0 Å². The first-order valence-corrected chi connectivity index (χ1v) is 5.26. The molecular formula is C10H19NO3. The van der Waals surface area contributed by atoms with E-state index < -0.39 is 0 Å². The highest BCUT2D eigenvalue weighted by Crippen LogP contribution is 2.28. The molecule has 0 aromatic heterocycles. The number of hydrogen-bond acceptors (Lipinski definition) is 4. The van der Waals surface area contributed by atoms with Crippen LogP contribution in [0.3, 0.4) is 0 Å². The lowest BCUT2D eigenvalue weighted by Gasteiger charge is -2.24. The summed E-state index contributed by atoms with van der Waals surface area (Å²) in [6, 6.07) is 0. The summed E-state index contributed by atoms with van der Waals surface area (Å²) >= 11 is 0. The molecule has 1 aliphatic carbocycles. The molecule has 1 fully saturated rings. The molecule has 0 bridgehead atoms. The van der Waals surface area contributed by atoms with Crippen molar-refractivity contribution in [3.8, 4) is 0 Å². The lowest BCUT2D eigenvalue weighted by Crippen LogP contribution is -2.19. The summed E-state index contributed by atoms with van der Waals surface area (Å²) in [6.45, 7) is 1.42. The first-order chi connectivity index (χ1) is 6.83. The van der Waals surface area contributed by atoms with Gasteiger partial charge in [-0.1, -0.05) is 19.3 Å². The van der Waals surface area contributed by atoms with Gasteiger partial charge in [0.15, 0.2) is 0 Å². The van der Waals surface area contributed by atoms with Crippen molar-refractivity contribution in [1.82, 2.24) is 0 Å². The Labute approximate surface area is 84.7 Å². The Morgan fingerprint density at radius 3 is 2.71 bits per heavy atom. The monoisotopic (exact) mass is 201 g/mol. The second-order valence-corrected chi connectivity index (χ2v) is 3.65. The average Bonchev–Trinajstić information content (AvgIpc) is 2.10. The van der Waals surface area contributed by atoms with Crippen molar-refractivity contribution < 1.29 is 14.3 Å². The standard InChI is InChI=1S/C10H19NO3/c11-5-7-13-8-10(12)14-6-4-9-2-1-3-9/h9H,1-8,11H2. The molecule has 1 aliphatic rings. The Bertz CT molecular complexity index is 169. The molecular weight excluding hydrogens is 182 g/mol. The number of carbonyl (C=O) groups is 1. The molecule has 0 atom stereocenters. The zero-order chi connectivity index (χ0) is 10.2. The predicted molar refractivity (Wildman–Crippen MR) is 52.8 cm³/mol. The van der Waals surface area contributed by atoms with Crippen LogP contribution in [0.15, 0.2) is 0 Å². The van der Waals surface area contributed by atoms with Gasteiger partial charge in [0.25, 0.3) is 0 Å². The van der Waals surface area contributed by atoms with Gasteiger partial charge in [-0.2, -0.15) is 0 Å². The van der Waals surface area contributed by atoms with Crippen molar-refractivity contribution in [2.75, 3.05) is 26.4 Å². The fraction of sp³-hybridized carbons (Fsp3) is 0.900. The minimum absolute atomic E-state index is 0.0296. The topological polar surface area (TPSA) is 61.5 Å². The fourth-order valence-corrected chi connectivity index (χ4v) is 1.40. The summed E-state index contributed by atoms with van der Waals surface area (Å²) < 4.78 is 9.93. The third-order valence-corrected chi connectivity index (χ3v) is 2.50. The fourth-order valence-electron chi connectivity index (χ4n) is 1.40. The van der Waals surface area contributed by atoms with Crippen LogP contribution in [0.1, 0.15) is 25.7 Å². The molecule has 0 saturated heterocycles. The highest BCUT2D eigenvalue weighted by Gasteiger charge is 2.17. The van der Waals surface area contributed by atoms with Crippen LogP contribution in [0.25, 0.3) is 0 Å². The summed E-state index contributed by atoms with van der Waals surface area (Å²) in [5.41, 5.74) is 5.20. The van der Waals surface area contributed by atoms with E-state index >= 15 is 0 Å². The smallest absolute Gasteiger partial charge is 0.332 e. The maximum Gasteiger partial charge on any atom is 0.332 e. The van der Waals surface area contributed by atoms with Gasteiger partial charge >= 0.3 is 5.97 Å². The normalized spacial score (nSPS) is 16.4. The van der Waals surface area contributed by atoms with E-state index in [9.17, 15) is 4.79 Å². The molecule has 1 saturated carbocycles. The molecule has 0 aromatic carbocycles. The van der Waals surface area contributed by atoms with Crippen molar-refractivity contribution in [3.05, 3.63) is 0 Å². The van der Waals surface area contributed by atoms with E-state index in [-0.39, 0.29) is 12.6 Å². The number of nitrogens with two attached hydrogens (primary N) is 1. The van der Waals surface area contributed by atoms with Crippen molar-refractivity contribution in [3.63, 3.8) is 0 Å². The molecule has 0 heterocycles. The van der Waals surface area contributed by atoms with Gasteiger partial charge in [-0.05, 0) is 12.3 Å². The van der Waals surface area contributed by atoms with E-state index in [0.717, 1.165) is 12.3 Å². The third-order valence-electron chi connectivity index (χ3n) is 2.50. The van der Waals surface area contributed by atoms with E-state index in [1.807, 2.05) is 0 Å². The van der Waals surface area contributed by atoms with Crippen molar-refractivity contribution >= 4 is 5.97 Å². The number of hydrogen-bond donors (Lipinski definition) is 1. The van der Waals surface area contributed by atoms with Crippen LogP contribution in [0, 0.1) is 5.92 Å². The van der Waals surface area contributed by atoms with Crippen LogP contribution in [0.2, 0.25) is 0 Å². The number of esters is 1. The van der Waals surface area contributed by atoms with Gasteiger partial charge in [0.2, 0.25) is 0 Å². The molecule has 14 heavy (non-hydrogen) atoms. The summed E-state index contributed by atoms with van der Waals surface area (Å²) in [5, 5.41) is 0. The second kappa shape index (κ2) is 6.79. The maximum atomic E-state index is 11.0. The van der Waals surface area contributed by atoms with Crippen LogP contribution < -0.4 is 5.73 Å². The van der Waals surface area contributed by atoms with E-state index in [0.29, 0.717) is 19.8 Å². The summed E-state index contributed by atoms with van der Waals surface area (Å²) in [7, 11) is 0. The Balaban J connectivity index is 1.86. The Hall–Kier alpha value is -0.610. The zero-order valence-electron chi connectivity index (χ0n) is 8.54. The van der Waals surface area contributed by atoms with E-state index in [1.165, 1.54) is 19.3 Å². The summed E-state index contributed by atoms with van der Waals surface area (Å²) in [6.07, 6.45) is 4.92. The van der Waals surface area contributed by atoms with Gasteiger partial charge < -0.3 is 15.2 Å². The van der Waals surface area contributed by atoms with Gasteiger partial charge in [-0.25, -0.2) is 4.79 Å². The maximum absolute atomic E-state index is 11.0. The SMILES string of the molecule is NCCOCC(=O)OCCC1CCC1. The van der Waals surface area contributed by atoms with E-state index in [1.54, 1.807) is 0 Å². The highest BCUT2D eigenvalue weighted by molar-refractivity contribution is 5.70. The minimum atomic E-state index is -0.280. The zero-order valence-corrected chi connectivity index (χ0v) is 8.54. The van der Waals surface area contributed by atoms with Gasteiger partial charge in [0.1, 0.15) is 6.61 Å². The Kier molecular flexibility index (Phi) is 5.56. The van der Waals surface area contributed by atoms with Gasteiger partial charge in [0.05, 0.1) is 13.2 Å². The third kappa shape index (κ3) is 4.58. The van der Waals surface area contributed by atoms with Crippen LogP contribution in [-0.4, -0.2) is 32.3 Å². The predicted octanol–water partition coefficient (Wildman–Crippen LogP) is 0.695. The Morgan fingerprint density at radius 1 is 1.36 bits per heavy atom. The highest BCUT2D eigenvalue weighted by atomic mass is 16.6. The first kappa shape index (κ1) is 11.5. The van der Waals surface area contributed by atoms with Crippen LogP contribution >= 0.6 is 0 Å². The molecule has 0 unspecified atom stereocenters. The van der Waals surface area contributed by atoms with Gasteiger partial charge in [-0.3, -0.25) is 0 Å². The molecule has 0 spiro atoms. The number of ether oxygens (including phenoxy) is 2. The summed E-state index contributed by atoms with van der Waals surface area (Å²) in [4.78, 5) is 11.0. The largest absolute Gasteiger partial charge is 0.464 e. The molecule has 0 amide bonds. The lowest BCUT2D eigenvalue weighted by atomic mass is 9.83. The molecule has 0 aliphatic heterocycles. The molecule has 4 nitrogen and oxygen atoms in total. The van der Waals surface area contributed by atoms with E-state index in [4.69, 9.17) is 15.2 Å². The van der Waals surface area contributed by atoms with Gasteiger partial charge in [0, 0.05) is 6.54 Å². The van der Waals surface area contributed by atoms with Crippen LogP contribution in [-0.2, 0) is 14.3 Å². The summed E-state index contributed by atoms with van der Waals surface area (Å²) in [5.74, 6) is 0.505. The molecule has 2 N–H and O–H groups in total. The average molecular weight is 201 g/mol. The lowest BCUT2D eigenvalue weighted by molar-refractivity contribution is -0.149.